The van der Waals surface area contributed by atoms with Crippen molar-refractivity contribution in [3.8, 4) is 0 Å². The number of ether oxygens (including phenoxy) is 1. The average Bonchev–Trinajstić information content (AvgIpc) is 2.44. The van der Waals surface area contributed by atoms with Crippen LogP contribution in [0.3, 0.4) is 0 Å². The summed E-state index contributed by atoms with van der Waals surface area (Å²) in [5.74, 6) is -1.35. The number of hydrogen-bond donors (Lipinski definition) is 2. The van der Waals surface area contributed by atoms with E-state index in [0.717, 1.165) is 11.8 Å². The Bertz CT molecular complexity index is 546. The summed E-state index contributed by atoms with van der Waals surface area (Å²) < 4.78 is 6.41. The number of amides is 1. The van der Waals surface area contributed by atoms with Gasteiger partial charge in [0.25, 0.3) is 5.56 Å². The Hall–Kier alpha value is -1.87. The molecule has 0 saturated carbocycles. The number of carboxylic acids is 1. The summed E-state index contributed by atoms with van der Waals surface area (Å²) in [6.07, 6.45) is 1.71. The Morgan fingerprint density at radius 3 is 2.95 bits per heavy atom. The molecule has 1 heterocycles. The summed E-state index contributed by atoms with van der Waals surface area (Å²) in [4.78, 5) is 37.1. The SMILES string of the molecule is COCCNC(=O)CCn1ccc(=O)nc1SCC(=O)O. The van der Waals surface area contributed by atoms with Crippen LogP contribution in [0.15, 0.2) is 22.2 Å². The van der Waals surface area contributed by atoms with Crippen LogP contribution in [-0.2, 0) is 20.9 Å². The van der Waals surface area contributed by atoms with E-state index in [2.05, 4.69) is 10.3 Å². The lowest BCUT2D eigenvalue weighted by atomic mass is 10.4. The van der Waals surface area contributed by atoms with Crippen LogP contribution in [0, 0.1) is 0 Å². The first-order valence-corrected chi connectivity index (χ1v) is 7.19. The predicted molar refractivity (Wildman–Crippen MR) is 76.4 cm³/mol. The number of aromatic nitrogens is 2. The number of carbonyl (C=O) groups excluding carboxylic acids is 1. The lowest BCUT2D eigenvalue weighted by molar-refractivity contribution is -0.134. The molecule has 21 heavy (non-hydrogen) atoms. The minimum absolute atomic E-state index is 0.153. The highest BCUT2D eigenvalue weighted by Crippen LogP contribution is 2.13. The third-order valence-corrected chi connectivity index (χ3v) is 3.36. The van der Waals surface area contributed by atoms with Crippen LogP contribution in [0.1, 0.15) is 6.42 Å². The molecule has 1 aromatic heterocycles. The van der Waals surface area contributed by atoms with Crippen molar-refractivity contribution >= 4 is 23.6 Å². The molecule has 8 nitrogen and oxygen atoms in total. The average molecular weight is 315 g/mol. The number of nitrogens with one attached hydrogen (secondary N) is 1. The molecule has 0 aliphatic carbocycles. The maximum absolute atomic E-state index is 11.6. The Balaban J connectivity index is 2.59. The molecule has 9 heteroatoms. The highest BCUT2D eigenvalue weighted by Gasteiger charge is 2.08. The lowest BCUT2D eigenvalue weighted by Crippen LogP contribution is -2.28. The van der Waals surface area contributed by atoms with Crippen molar-refractivity contribution in [3.63, 3.8) is 0 Å². The zero-order valence-corrected chi connectivity index (χ0v) is 12.4. The normalized spacial score (nSPS) is 10.3. The van der Waals surface area contributed by atoms with E-state index in [1.807, 2.05) is 0 Å². The predicted octanol–water partition coefficient (Wildman–Crippen LogP) is -0.427. The third-order valence-electron chi connectivity index (χ3n) is 2.38. The Morgan fingerprint density at radius 2 is 2.29 bits per heavy atom. The summed E-state index contributed by atoms with van der Waals surface area (Å²) in [5.41, 5.74) is -0.441. The molecule has 1 aromatic rings. The lowest BCUT2D eigenvalue weighted by Gasteiger charge is -2.10. The number of aliphatic carboxylic acids is 1. The molecule has 1 amide bonds. The van der Waals surface area contributed by atoms with Crippen LogP contribution in [-0.4, -0.2) is 52.5 Å². The van der Waals surface area contributed by atoms with Crippen LogP contribution in [0.2, 0.25) is 0 Å². The minimum Gasteiger partial charge on any atom is -0.481 e. The van der Waals surface area contributed by atoms with Crippen LogP contribution >= 0.6 is 11.8 Å². The molecule has 0 fully saturated rings. The molecule has 0 spiro atoms. The van der Waals surface area contributed by atoms with Crippen LogP contribution < -0.4 is 10.9 Å². The van der Waals surface area contributed by atoms with E-state index in [-0.39, 0.29) is 23.2 Å². The minimum atomic E-state index is -0.998. The molecular weight excluding hydrogens is 298 g/mol. The number of thioether (sulfide) groups is 1. The van der Waals surface area contributed by atoms with Gasteiger partial charge in [0.15, 0.2) is 5.16 Å². The van der Waals surface area contributed by atoms with Crippen molar-refractivity contribution < 1.29 is 19.4 Å². The second-order valence-corrected chi connectivity index (χ2v) is 4.96. The molecule has 2 N–H and O–H groups in total. The van der Waals surface area contributed by atoms with Gasteiger partial charge < -0.3 is 19.7 Å². The second kappa shape index (κ2) is 9.14. The summed E-state index contributed by atoms with van der Waals surface area (Å²) in [7, 11) is 1.55. The molecule has 116 valence electrons. The summed E-state index contributed by atoms with van der Waals surface area (Å²) in [5, 5.41) is 11.6. The van der Waals surface area contributed by atoms with E-state index in [4.69, 9.17) is 9.84 Å². The van der Waals surface area contributed by atoms with Crippen molar-refractivity contribution in [1.82, 2.24) is 14.9 Å². The zero-order valence-electron chi connectivity index (χ0n) is 11.6. The molecule has 0 saturated heterocycles. The van der Waals surface area contributed by atoms with E-state index in [9.17, 15) is 14.4 Å². The number of nitrogens with zero attached hydrogens (tertiary/aromatic N) is 2. The first-order valence-electron chi connectivity index (χ1n) is 6.20. The van der Waals surface area contributed by atoms with Gasteiger partial charge in [0.05, 0.1) is 12.4 Å². The van der Waals surface area contributed by atoms with Gasteiger partial charge in [0.1, 0.15) is 0 Å². The highest BCUT2D eigenvalue weighted by atomic mass is 32.2. The summed E-state index contributed by atoms with van der Waals surface area (Å²) in [6, 6.07) is 1.27. The number of carboxylic acid groups (broad SMARTS) is 1. The summed E-state index contributed by atoms with van der Waals surface area (Å²) >= 11 is 0.943. The van der Waals surface area contributed by atoms with Crippen molar-refractivity contribution in [2.45, 2.75) is 18.1 Å². The molecule has 0 radical (unpaired) electrons. The number of hydrogen-bond acceptors (Lipinski definition) is 6. The molecular formula is C12H17N3O5S. The maximum atomic E-state index is 11.6. The fourth-order valence-electron chi connectivity index (χ4n) is 1.43. The monoisotopic (exact) mass is 315 g/mol. The van der Waals surface area contributed by atoms with Gasteiger partial charge >= 0.3 is 5.97 Å². The molecule has 0 unspecified atom stereocenters. The topological polar surface area (TPSA) is 111 Å². The van der Waals surface area contributed by atoms with Gasteiger partial charge in [-0.05, 0) is 0 Å². The van der Waals surface area contributed by atoms with Gasteiger partial charge in [-0.1, -0.05) is 11.8 Å². The van der Waals surface area contributed by atoms with E-state index in [1.54, 1.807) is 11.7 Å². The molecule has 0 bridgehead atoms. The Kier molecular flexibility index (Phi) is 7.48. The first-order chi connectivity index (χ1) is 10.0. The van der Waals surface area contributed by atoms with Gasteiger partial charge in [0.2, 0.25) is 5.91 Å². The quantitative estimate of drug-likeness (QED) is 0.361. The van der Waals surface area contributed by atoms with Crippen LogP contribution in [0.4, 0.5) is 0 Å². The van der Waals surface area contributed by atoms with Gasteiger partial charge in [-0.3, -0.25) is 14.4 Å². The Morgan fingerprint density at radius 1 is 1.52 bits per heavy atom. The van der Waals surface area contributed by atoms with Crippen molar-refractivity contribution in [3.05, 3.63) is 22.6 Å². The number of rotatable bonds is 9. The maximum Gasteiger partial charge on any atom is 0.313 e. The smallest absolute Gasteiger partial charge is 0.313 e. The third kappa shape index (κ3) is 6.91. The van der Waals surface area contributed by atoms with E-state index in [1.165, 1.54) is 12.3 Å². The number of methoxy groups -OCH3 is 1. The first kappa shape index (κ1) is 17.2. The van der Waals surface area contributed by atoms with Crippen molar-refractivity contribution in [2.24, 2.45) is 0 Å². The standard InChI is InChI=1S/C12H17N3O5S/c1-20-7-4-13-9(16)2-5-15-6-3-10(17)14-12(15)21-8-11(18)19/h3,6H,2,4-5,7-8H2,1H3,(H,13,16)(H,18,19). The molecule has 0 atom stereocenters. The van der Waals surface area contributed by atoms with Gasteiger partial charge in [-0.15, -0.1) is 0 Å². The van der Waals surface area contributed by atoms with Crippen molar-refractivity contribution in [1.29, 1.82) is 0 Å². The molecule has 0 aliphatic heterocycles. The van der Waals surface area contributed by atoms with Crippen molar-refractivity contribution in [2.75, 3.05) is 26.0 Å². The van der Waals surface area contributed by atoms with E-state index < -0.39 is 11.5 Å². The van der Waals surface area contributed by atoms with Gasteiger partial charge in [-0.2, -0.15) is 4.98 Å². The van der Waals surface area contributed by atoms with E-state index >= 15 is 0 Å². The molecule has 0 aromatic carbocycles. The molecule has 0 aliphatic rings. The fraction of sp³-hybridized carbons (Fsp3) is 0.500. The fourth-order valence-corrected chi connectivity index (χ4v) is 2.15. The zero-order chi connectivity index (χ0) is 15.7. The molecule has 1 rings (SSSR count). The Labute approximate surface area is 125 Å². The van der Waals surface area contributed by atoms with Crippen LogP contribution in [0.5, 0.6) is 0 Å². The number of carbonyl (C=O) groups is 2. The highest BCUT2D eigenvalue weighted by molar-refractivity contribution is 7.99. The van der Waals surface area contributed by atoms with Gasteiger partial charge in [-0.25, -0.2) is 0 Å². The largest absolute Gasteiger partial charge is 0.481 e. The second-order valence-electron chi connectivity index (χ2n) is 4.02. The number of aryl methyl sites for hydroxylation is 1. The van der Waals surface area contributed by atoms with Crippen LogP contribution in [0.25, 0.3) is 0 Å². The van der Waals surface area contributed by atoms with Gasteiger partial charge in [0, 0.05) is 38.9 Å². The summed E-state index contributed by atoms with van der Waals surface area (Å²) in [6.45, 7) is 1.18. The van der Waals surface area contributed by atoms with E-state index in [0.29, 0.717) is 19.7 Å².